The van der Waals surface area contributed by atoms with E-state index in [0.29, 0.717) is 11.8 Å². The van der Waals surface area contributed by atoms with Crippen molar-refractivity contribution in [3.63, 3.8) is 0 Å². The predicted molar refractivity (Wildman–Crippen MR) is 71.5 cm³/mol. The minimum Gasteiger partial charge on any atom is -0.396 e. The Labute approximate surface area is 115 Å². The van der Waals surface area contributed by atoms with E-state index in [4.69, 9.17) is 5.11 Å². The summed E-state index contributed by atoms with van der Waals surface area (Å²) in [7, 11) is 0. The molecule has 106 valence electrons. The van der Waals surface area contributed by atoms with Crippen molar-refractivity contribution >= 4 is 17.7 Å². The largest absolute Gasteiger partial charge is 0.396 e. The summed E-state index contributed by atoms with van der Waals surface area (Å²) in [6, 6.07) is 6.01. The third-order valence-corrected chi connectivity index (χ3v) is 3.64. The highest BCUT2D eigenvalue weighted by atomic mass is 32.2. The van der Waals surface area contributed by atoms with Crippen molar-refractivity contribution < 1.29 is 18.7 Å². The third-order valence-electron chi connectivity index (χ3n) is 2.85. The van der Waals surface area contributed by atoms with Gasteiger partial charge in [-0.3, -0.25) is 4.79 Å². The number of aliphatic hydroxyl groups is 1. The van der Waals surface area contributed by atoms with Crippen LogP contribution in [0.1, 0.15) is 24.2 Å². The van der Waals surface area contributed by atoms with Crippen LogP contribution >= 0.6 is 11.8 Å². The van der Waals surface area contributed by atoms with Crippen molar-refractivity contribution in [3.8, 4) is 0 Å². The molecule has 0 aliphatic carbocycles. The van der Waals surface area contributed by atoms with Crippen LogP contribution in [0, 0.1) is 5.92 Å². The van der Waals surface area contributed by atoms with E-state index in [-0.39, 0.29) is 29.0 Å². The molecule has 2 unspecified atom stereocenters. The number of hydrogen-bond acceptors (Lipinski definition) is 3. The fraction of sp³-hybridized carbons (Fsp3) is 0.462. The molecule has 3 nitrogen and oxygen atoms in total. The van der Waals surface area contributed by atoms with Gasteiger partial charge >= 0.3 is 0 Å². The molecule has 0 bridgehead atoms. The summed E-state index contributed by atoms with van der Waals surface area (Å²) in [5, 5.41) is 11.7. The van der Waals surface area contributed by atoms with E-state index < -0.39 is 11.7 Å². The van der Waals surface area contributed by atoms with Gasteiger partial charge in [-0.05, 0) is 25.0 Å². The summed E-state index contributed by atoms with van der Waals surface area (Å²) >= 11 is 0.351. The van der Waals surface area contributed by atoms with Gasteiger partial charge in [-0.1, -0.05) is 30.8 Å². The first-order valence-electron chi connectivity index (χ1n) is 5.91. The van der Waals surface area contributed by atoms with Gasteiger partial charge < -0.3 is 10.4 Å². The zero-order chi connectivity index (χ0) is 14.4. The molecule has 0 fully saturated rings. The summed E-state index contributed by atoms with van der Waals surface area (Å²) in [6.45, 7) is 3.52. The fourth-order valence-electron chi connectivity index (χ4n) is 1.44. The van der Waals surface area contributed by atoms with Crippen LogP contribution in [0.3, 0.4) is 0 Å². The van der Waals surface area contributed by atoms with Crippen LogP contribution < -0.4 is 5.32 Å². The van der Waals surface area contributed by atoms with E-state index >= 15 is 0 Å². The zero-order valence-electron chi connectivity index (χ0n) is 10.8. The molecule has 0 radical (unpaired) electrons. The molecule has 1 aromatic carbocycles. The second-order valence-corrected chi connectivity index (χ2v) is 5.33. The second kappa shape index (κ2) is 7.45. The van der Waals surface area contributed by atoms with Crippen molar-refractivity contribution in [3.05, 3.63) is 29.8 Å². The molecule has 0 aromatic heterocycles. The van der Waals surface area contributed by atoms with Crippen molar-refractivity contribution in [2.45, 2.75) is 30.5 Å². The molecule has 0 heterocycles. The van der Waals surface area contributed by atoms with E-state index in [1.54, 1.807) is 26.0 Å². The van der Waals surface area contributed by atoms with Crippen LogP contribution in [0.25, 0.3) is 0 Å². The van der Waals surface area contributed by atoms with Crippen LogP contribution in [0.15, 0.2) is 29.2 Å². The number of aliphatic hydroxyl groups excluding tert-OH is 1. The Morgan fingerprint density at radius 1 is 1.37 bits per heavy atom. The molecule has 0 saturated carbocycles. The van der Waals surface area contributed by atoms with Crippen LogP contribution in [0.5, 0.6) is 0 Å². The molecular weight excluding hydrogens is 272 g/mol. The highest BCUT2D eigenvalue weighted by Gasteiger charge is 2.18. The molecule has 0 spiro atoms. The number of thioether (sulfide) groups is 1. The predicted octanol–water partition coefficient (Wildman–Crippen LogP) is 2.75. The summed E-state index contributed by atoms with van der Waals surface area (Å²) in [4.78, 5) is 12.3. The number of alkyl halides is 2. The van der Waals surface area contributed by atoms with Gasteiger partial charge in [-0.25, -0.2) is 0 Å². The molecule has 2 N–H and O–H groups in total. The first-order chi connectivity index (χ1) is 8.95. The lowest BCUT2D eigenvalue weighted by Crippen LogP contribution is -2.38. The minimum absolute atomic E-state index is 0.0467. The summed E-state index contributed by atoms with van der Waals surface area (Å²) in [6.07, 6.45) is 0. The average molecular weight is 289 g/mol. The average Bonchev–Trinajstić information content (AvgIpc) is 2.37. The molecule has 19 heavy (non-hydrogen) atoms. The molecule has 0 aliphatic heterocycles. The Kier molecular flexibility index (Phi) is 6.24. The molecule has 2 atom stereocenters. The molecule has 1 aromatic rings. The first-order valence-corrected chi connectivity index (χ1v) is 6.79. The van der Waals surface area contributed by atoms with Crippen molar-refractivity contribution in [2.24, 2.45) is 5.92 Å². The van der Waals surface area contributed by atoms with Crippen LogP contribution in [-0.4, -0.2) is 29.4 Å². The number of rotatable bonds is 6. The van der Waals surface area contributed by atoms with Gasteiger partial charge in [-0.2, -0.15) is 8.78 Å². The monoisotopic (exact) mass is 289 g/mol. The van der Waals surface area contributed by atoms with Gasteiger partial charge in [0.2, 0.25) is 0 Å². The van der Waals surface area contributed by atoms with Crippen molar-refractivity contribution in [1.29, 1.82) is 0 Å². The molecule has 0 saturated heterocycles. The topological polar surface area (TPSA) is 49.3 Å². The van der Waals surface area contributed by atoms with Gasteiger partial charge in [0, 0.05) is 17.5 Å². The Hall–Kier alpha value is -1.14. The van der Waals surface area contributed by atoms with Crippen molar-refractivity contribution in [1.82, 2.24) is 5.32 Å². The Morgan fingerprint density at radius 3 is 2.58 bits per heavy atom. The van der Waals surface area contributed by atoms with E-state index in [9.17, 15) is 13.6 Å². The lowest BCUT2D eigenvalue weighted by atomic mass is 10.0. The smallest absolute Gasteiger partial charge is 0.288 e. The number of benzene rings is 1. The number of carbonyl (C=O) groups is 1. The molecule has 0 aliphatic rings. The lowest BCUT2D eigenvalue weighted by Gasteiger charge is -2.20. The highest BCUT2D eigenvalue weighted by Crippen LogP contribution is 2.28. The third kappa shape index (κ3) is 4.80. The maximum atomic E-state index is 12.4. The van der Waals surface area contributed by atoms with Gasteiger partial charge in [0.25, 0.3) is 11.7 Å². The Balaban J connectivity index is 2.82. The quantitative estimate of drug-likeness (QED) is 0.792. The van der Waals surface area contributed by atoms with Gasteiger partial charge in [-0.15, -0.1) is 0 Å². The maximum Gasteiger partial charge on any atom is 0.288 e. The van der Waals surface area contributed by atoms with E-state index in [2.05, 4.69) is 5.32 Å². The molecular formula is C13H17F2NO2S. The molecule has 1 amide bonds. The molecule has 1 rings (SSSR count). The summed E-state index contributed by atoms with van der Waals surface area (Å²) in [5.41, 5.74) is 0.227. The zero-order valence-corrected chi connectivity index (χ0v) is 11.6. The minimum atomic E-state index is -2.57. The number of halogens is 2. The maximum absolute atomic E-state index is 12.4. The summed E-state index contributed by atoms with van der Waals surface area (Å²) in [5.74, 6) is -3.07. The van der Waals surface area contributed by atoms with Gasteiger partial charge in [0.1, 0.15) is 0 Å². The van der Waals surface area contributed by atoms with Crippen molar-refractivity contribution in [2.75, 3.05) is 6.61 Å². The van der Waals surface area contributed by atoms with E-state index in [0.717, 1.165) is 0 Å². The fourth-order valence-corrected chi connectivity index (χ4v) is 2.07. The highest BCUT2D eigenvalue weighted by molar-refractivity contribution is 7.99. The second-order valence-electron chi connectivity index (χ2n) is 4.30. The SMILES string of the molecule is CC(CO)C(C)NC(=O)c1ccccc1SC(F)F. The summed E-state index contributed by atoms with van der Waals surface area (Å²) < 4.78 is 24.8. The molecule has 6 heteroatoms. The Morgan fingerprint density at radius 2 is 2.00 bits per heavy atom. The normalized spacial score (nSPS) is 14.2. The number of amides is 1. The number of carbonyl (C=O) groups excluding carboxylic acids is 1. The van der Waals surface area contributed by atoms with E-state index in [1.165, 1.54) is 12.1 Å². The van der Waals surface area contributed by atoms with Crippen LogP contribution in [0.2, 0.25) is 0 Å². The first kappa shape index (κ1) is 15.9. The van der Waals surface area contributed by atoms with Gasteiger partial charge in [0.15, 0.2) is 0 Å². The Bertz CT molecular complexity index is 429. The van der Waals surface area contributed by atoms with E-state index in [1.807, 2.05) is 0 Å². The standard InChI is InChI=1S/C13H17F2NO2S/c1-8(7-17)9(2)16-12(18)10-5-3-4-6-11(10)19-13(14)15/h3-6,8-9,13,17H,7H2,1-2H3,(H,16,18). The number of nitrogens with one attached hydrogen (secondary N) is 1. The lowest BCUT2D eigenvalue weighted by molar-refractivity contribution is 0.0913. The van der Waals surface area contributed by atoms with Gasteiger partial charge in [0.05, 0.1) is 5.56 Å². The van der Waals surface area contributed by atoms with Crippen LogP contribution in [0.4, 0.5) is 8.78 Å². The number of hydrogen-bond donors (Lipinski definition) is 2. The van der Waals surface area contributed by atoms with Crippen LogP contribution in [-0.2, 0) is 0 Å².